The SMILES string of the molecule is CCCN(C)CCCCCNc1c2ccc(Cl)cc2nc2ccc(OC)cc12. The molecule has 3 aromatic rings. The third kappa shape index (κ3) is 5.06. The molecule has 150 valence electrons. The molecule has 0 aliphatic rings. The van der Waals surface area contributed by atoms with Gasteiger partial charge < -0.3 is 15.0 Å². The van der Waals surface area contributed by atoms with Gasteiger partial charge in [0.2, 0.25) is 0 Å². The van der Waals surface area contributed by atoms with Gasteiger partial charge in [-0.3, -0.25) is 0 Å². The number of unbranched alkanes of at least 4 members (excludes halogenated alkanes) is 2. The molecule has 4 nitrogen and oxygen atoms in total. The summed E-state index contributed by atoms with van der Waals surface area (Å²) in [7, 11) is 3.90. The number of methoxy groups -OCH3 is 1. The molecule has 0 spiro atoms. The zero-order chi connectivity index (χ0) is 19.9. The van der Waals surface area contributed by atoms with Crippen molar-refractivity contribution in [3.05, 3.63) is 41.4 Å². The number of hydrogen-bond donors (Lipinski definition) is 1. The van der Waals surface area contributed by atoms with Crippen LogP contribution < -0.4 is 10.1 Å². The number of ether oxygens (including phenoxy) is 1. The van der Waals surface area contributed by atoms with Crippen LogP contribution in [0.25, 0.3) is 21.8 Å². The van der Waals surface area contributed by atoms with E-state index in [1.807, 2.05) is 30.3 Å². The number of hydrogen-bond acceptors (Lipinski definition) is 4. The molecule has 1 aromatic heterocycles. The second-order valence-electron chi connectivity index (χ2n) is 7.32. The summed E-state index contributed by atoms with van der Waals surface area (Å²) in [5, 5.41) is 6.54. The van der Waals surface area contributed by atoms with Crippen molar-refractivity contribution >= 4 is 39.1 Å². The second kappa shape index (κ2) is 9.94. The molecule has 0 unspecified atom stereocenters. The molecule has 0 amide bonds. The number of pyridine rings is 1. The Morgan fingerprint density at radius 1 is 1.00 bits per heavy atom. The average Bonchev–Trinajstić information content (AvgIpc) is 2.69. The summed E-state index contributed by atoms with van der Waals surface area (Å²) in [5.74, 6) is 0.838. The Morgan fingerprint density at radius 3 is 2.64 bits per heavy atom. The number of fused-ring (bicyclic) bond motifs is 2. The fourth-order valence-electron chi connectivity index (χ4n) is 3.60. The van der Waals surface area contributed by atoms with Crippen LogP contribution in [-0.2, 0) is 0 Å². The molecule has 3 rings (SSSR count). The number of rotatable bonds is 10. The van der Waals surface area contributed by atoms with Crippen LogP contribution in [0.1, 0.15) is 32.6 Å². The van der Waals surface area contributed by atoms with Crippen molar-refractivity contribution in [2.24, 2.45) is 0 Å². The highest BCUT2D eigenvalue weighted by molar-refractivity contribution is 6.31. The fourth-order valence-corrected chi connectivity index (χ4v) is 3.77. The molecule has 0 bridgehead atoms. The zero-order valence-corrected chi connectivity index (χ0v) is 17.9. The lowest BCUT2D eigenvalue weighted by Crippen LogP contribution is -2.20. The predicted octanol–water partition coefficient (Wildman–Crippen LogP) is 5.97. The van der Waals surface area contributed by atoms with Gasteiger partial charge in [-0.1, -0.05) is 24.9 Å². The molecule has 28 heavy (non-hydrogen) atoms. The van der Waals surface area contributed by atoms with Gasteiger partial charge in [0.15, 0.2) is 0 Å². The second-order valence-corrected chi connectivity index (χ2v) is 7.76. The molecular formula is C23H30ClN3O. The normalized spacial score (nSPS) is 11.5. The number of halogens is 1. The Labute approximate surface area is 172 Å². The molecule has 0 aliphatic heterocycles. The van der Waals surface area contributed by atoms with Gasteiger partial charge in [0.25, 0.3) is 0 Å². The van der Waals surface area contributed by atoms with E-state index in [-0.39, 0.29) is 0 Å². The third-order valence-corrected chi connectivity index (χ3v) is 5.30. The highest BCUT2D eigenvalue weighted by Gasteiger charge is 2.10. The smallest absolute Gasteiger partial charge is 0.119 e. The van der Waals surface area contributed by atoms with Crippen LogP contribution in [0, 0.1) is 0 Å². The number of nitrogens with one attached hydrogen (secondary N) is 1. The molecule has 0 saturated carbocycles. The predicted molar refractivity (Wildman–Crippen MR) is 121 cm³/mol. The molecule has 1 N–H and O–H groups in total. The van der Waals surface area contributed by atoms with Gasteiger partial charge in [-0.15, -0.1) is 0 Å². The number of anilines is 1. The van der Waals surface area contributed by atoms with Crippen molar-refractivity contribution in [2.75, 3.05) is 39.1 Å². The van der Waals surface area contributed by atoms with Gasteiger partial charge in [0.05, 0.1) is 23.8 Å². The maximum Gasteiger partial charge on any atom is 0.119 e. The lowest BCUT2D eigenvalue weighted by molar-refractivity contribution is 0.326. The van der Waals surface area contributed by atoms with E-state index in [4.69, 9.17) is 21.3 Å². The quantitative estimate of drug-likeness (QED) is 0.336. The fraction of sp³-hybridized carbons (Fsp3) is 0.435. The first-order valence-electron chi connectivity index (χ1n) is 10.1. The van der Waals surface area contributed by atoms with E-state index in [2.05, 4.69) is 30.3 Å². The van der Waals surface area contributed by atoms with Crippen LogP contribution in [0.5, 0.6) is 5.75 Å². The molecule has 1 heterocycles. The molecule has 0 fully saturated rings. The van der Waals surface area contributed by atoms with Crippen molar-refractivity contribution < 1.29 is 4.74 Å². The largest absolute Gasteiger partial charge is 0.497 e. The van der Waals surface area contributed by atoms with Crippen LogP contribution in [-0.4, -0.2) is 43.7 Å². The Kier molecular flexibility index (Phi) is 7.35. The van der Waals surface area contributed by atoms with Crippen molar-refractivity contribution in [3.8, 4) is 5.75 Å². The van der Waals surface area contributed by atoms with E-state index < -0.39 is 0 Å². The highest BCUT2D eigenvalue weighted by atomic mass is 35.5. The zero-order valence-electron chi connectivity index (χ0n) is 17.1. The molecule has 0 radical (unpaired) electrons. The Balaban J connectivity index is 1.75. The maximum absolute atomic E-state index is 6.19. The van der Waals surface area contributed by atoms with Crippen LogP contribution >= 0.6 is 11.6 Å². The van der Waals surface area contributed by atoms with E-state index in [0.717, 1.165) is 46.2 Å². The standard InChI is InChI=1S/C23H30ClN3O/c1-4-13-27(2)14-7-5-6-12-25-23-19-10-8-17(24)15-22(19)26-21-11-9-18(28-3)16-20(21)23/h8-11,15-16H,4-7,12-14H2,1-3H3,(H,25,26). The van der Waals surface area contributed by atoms with Crippen LogP contribution in [0.4, 0.5) is 5.69 Å². The molecule has 0 atom stereocenters. The topological polar surface area (TPSA) is 37.4 Å². The van der Waals surface area contributed by atoms with Gasteiger partial charge in [0.1, 0.15) is 5.75 Å². The first-order chi connectivity index (χ1) is 13.6. The molecule has 5 heteroatoms. The Hall–Kier alpha value is -2.04. The highest BCUT2D eigenvalue weighted by Crippen LogP contribution is 2.34. The summed E-state index contributed by atoms with van der Waals surface area (Å²) >= 11 is 6.19. The van der Waals surface area contributed by atoms with Gasteiger partial charge in [-0.05, 0) is 75.8 Å². The average molecular weight is 400 g/mol. The van der Waals surface area contributed by atoms with Gasteiger partial charge >= 0.3 is 0 Å². The summed E-state index contributed by atoms with van der Waals surface area (Å²) in [5.41, 5.74) is 2.96. The summed E-state index contributed by atoms with van der Waals surface area (Å²) in [6.45, 7) is 5.51. The molecule has 2 aromatic carbocycles. The first kappa shape index (κ1) is 20.7. The Morgan fingerprint density at radius 2 is 1.86 bits per heavy atom. The maximum atomic E-state index is 6.19. The van der Waals surface area contributed by atoms with E-state index in [0.29, 0.717) is 5.02 Å². The van der Waals surface area contributed by atoms with E-state index in [1.54, 1.807) is 7.11 Å². The molecule has 0 aliphatic carbocycles. The van der Waals surface area contributed by atoms with Crippen LogP contribution in [0.2, 0.25) is 5.02 Å². The lowest BCUT2D eigenvalue weighted by Gasteiger charge is -2.16. The van der Waals surface area contributed by atoms with Crippen molar-refractivity contribution in [1.82, 2.24) is 9.88 Å². The van der Waals surface area contributed by atoms with Crippen molar-refractivity contribution in [3.63, 3.8) is 0 Å². The van der Waals surface area contributed by atoms with E-state index in [9.17, 15) is 0 Å². The molecular weight excluding hydrogens is 370 g/mol. The van der Waals surface area contributed by atoms with E-state index >= 15 is 0 Å². The third-order valence-electron chi connectivity index (χ3n) is 5.07. The number of benzene rings is 2. The van der Waals surface area contributed by atoms with Crippen LogP contribution in [0.15, 0.2) is 36.4 Å². The minimum absolute atomic E-state index is 0.704. The number of nitrogens with zero attached hydrogens (tertiary/aromatic N) is 2. The minimum Gasteiger partial charge on any atom is -0.497 e. The van der Waals surface area contributed by atoms with E-state index in [1.165, 1.54) is 32.4 Å². The van der Waals surface area contributed by atoms with Gasteiger partial charge in [0, 0.05) is 22.3 Å². The van der Waals surface area contributed by atoms with Crippen molar-refractivity contribution in [2.45, 2.75) is 32.6 Å². The van der Waals surface area contributed by atoms with Gasteiger partial charge in [-0.2, -0.15) is 0 Å². The lowest BCUT2D eigenvalue weighted by atomic mass is 10.1. The van der Waals surface area contributed by atoms with Crippen LogP contribution in [0.3, 0.4) is 0 Å². The van der Waals surface area contributed by atoms with Gasteiger partial charge in [-0.25, -0.2) is 4.98 Å². The summed E-state index contributed by atoms with van der Waals surface area (Å²) in [6, 6.07) is 11.9. The summed E-state index contributed by atoms with van der Waals surface area (Å²) in [4.78, 5) is 7.19. The molecule has 0 saturated heterocycles. The van der Waals surface area contributed by atoms with Crippen molar-refractivity contribution in [1.29, 1.82) is 0 Å². The minimum atomic E-state index is 0.704. The number of aromatic nitrogens is 1. The summed E-state index contributed by atoms with van der Waals surface area (Å²) in [6.07, 6.45) is 4.81. The summed E-state index contributed by atoms with van der Waals surface area (Å²) < 4.78 is 5.43. The Bertz CT molecular complexity index is 929. The monoisotopic (exact) mass is 399 g/mol. The first-order valence-corrected chi connectivity index (χ1v) is 10.5.